The Morgan fingerprint density at radius 1 is 1.29 bits per heavy atom. The van der Waals surface area contributed by atoms with E-state index < -0.39 is 0 Å². The van der Waals surface area contributed by atoms with Crippen molar-refractivity contribution < 1.29 is 4.79 Å². The summed E-state index contributed by atoms with van der Waals surface area (Å²) >= 11 is 8.11. The second-order valence-electron chi connectivity index (χ2n) is 5.92. The molecule has 6 heteroatoms. The van der Waals surface area contributed by atoms with Crippen molar-refractivity contribution in [3.05, 3.63) is 53.1 Å². The molecule has 0 spiro atoms. The molecule has 1 heterocycles. The maximum absolute atomic E-state index is 12.3. The summed E-state index contributed by atoms with van der Waals surface area (Å²) in [6.45, 7) is 4.14. The maximum atomic E-state index is 12.3. The van der Waals surface area contributed by atoms with Crippen molar-refractivity contribution in [2.75, 3.05) is 4.90 Å². The number of hydrogen-bond donors (Lipinski definition) is 2. The fourth-order valence-corrected chi connectivity index (χ4v) is 4.14. The van der Waals surface area contributed by atoms with Crippen molar-refractivity contribution in [3.63, 3.8) is 0 Å². The molecule has 126 valence electrons. The van der Waals surface area contributed by atoms with Gasteiger partial charge in [-0.3, -0.25) is 4.79 Å². The quantitative estimate of drug-likeness (QED) is 0.860. The predicted octanol–water partition coefficient (Wildman–Crippen LogP) is 4.10. The number of anilines is 2. The zero-order chi connectivity index (χ0) is 17.3. The summed E-state index contributed by atoms with van der Waals surface area (Å²) in [7, 11) is 0. The van der Waals surface area contributed by atoms with Gasteiger partial charge in [-0.2, -0.15) is 0 Å². The van der Waals surface area contributed by atoms with E-state index in [2.05, 4.69) is 10.2 Å². The predicted molar refractivity (Wildman–Crippen MR) is 101 cm³/mol. The largest absolute Gasteiger partial charge is 0.326 e. The van der Waals surface area contributed by atoms with Crippen LogP contribution in [0.15, 0.2) is 47.4 Å². The van der Waals surface area contributed by atoms with Crippen LogP contribution in [0.1, 0.15) is 19.4 Å². The number of hydrogen-bond acceptors (Lipinski definition) is 4. The Balaban J connectivity index is 2.08. The molecule has 24 heavy (non-hydrogen) atoms. The van der Waals surface area contributed by atoms with Crippen LogP contribution in [0.3, 0.4) is 0 Å². The Labute approximate surface area is 151 Å². The van der Waals surface area contributed by atoms with Gasteiger partial charge in [-0.15, -0.1) is 0 Å². The number of thioether (sulfide) groups is 1. The van der Waals surface area contributed by atoms with Crippen molar-refractivity contribution >= 4 is 40.6 Å². The smallest absolute Gasteiger partial charge is 0.224 e. The number of rotatable bonds is 4. The summed E-state index contributed by atoms with van der Waals surface area (Å²) in [6.07, 6.45) is 0. The monoisotopic (exact) mass is 361 g/mol. The number of carbonyl (C=O) groups excluding carboxylic acids is 1. The molecule has 0 bridgehead atoms. The van der Waals surface area contributed by atoms with E-state index in [0.717, 1.165) is 21.8 Å². The number of para-hydroxylation sites is 2. The van der Waals surface area contributed by atoms with Crippen LogP contribution in [0.2, 0.25) is 5.02 Å². The Morgan fingerprint density at radius 2 is 2.04 bits per heavy atom. The SMILES string of the molecule is CC(C)C(=O)NC1Sc2ccccc2N1c1c(Cl)cccc1CN. The van der Waals surface area contributed by atoms with E-state index in [9.17, 15) is 4.79 Å². The van der Waals surface area contributed by atoms with Gasteiger partial charge in [0.15, 0.2) is 5.50 Å². The zero-order valence-corrected chi connectivity index (χ0v) is 15.2. The minimum atomic E-state index is -0.248. The van der Waals surface area contributed by atoms with E-state index in [1.807, 2.05) is 56.3 Å². The lowest BCUT2D eigenvalue weighted by Crippen LogP contribution is -2.43. The van der Waals surface area contributed by atoms with Gasteiger partial charge in [0.25, 0.3) is 0 Å². The van der Waals surface area contributed by atoms with Crippen molar-refractivity contribution in [1.82, 2.24) is 5.32 Å². The number of nitrogens with zero attached hydrogens (tertiary/aromatic N) is 1. The number of halogens is 1. The van der Waals surface area contributed by atoms with Crippen LogP contribution in [0.4, 0.5) is 11.4 Å². The van der Waals surface area contributed by atoms with Crippen molar-refractivity contribution in [3.8, 4) is 0 Å². The van der Waals surface area contributed by atoms with Crippen LogP contribution < -0.4 is 16.0 Å². The van der Waals surface area contributed by atoms with E-state index >= 15 is 0 Å². The first-order valence-electron chi connectivity index (χ1n) is 7.85. The molecule has 3 rings (SSSR count). The lowest BCUT2D eigenvalue weighted by molar-refractivity contribution is -0.124. The number of amides is 1. The Kier molecular flexibility index (Phi) is 5.04. The van der Waals surface area contributed by atoms with Gasteiger partial charge >= 0.3 is 0 Å². The lowest BCUT2D eigenvalue weighted by atomic mass is 10.1. The molecule has 1 amide bonds. The molecule has 2 aromatic carbocycles. The molecule has 2 aromatic rings. The first kappa shape index (κ1) is 17.1. The molecule has 0 aliphatic carbocycles. The van der Waals surface area contributed by atoms with Crippen molar-refractivity contribution in [1.29, 1.82) is 0 Å². The summed E-state index contributed by atoms with van der Waals surface area (Å²) in [5, 5.41) is 3.73. The standard InChI is InChI=1S/C18H20ClN3OS/c1-11(2)17(23)21-18-22(14-8-3-4-9-15(14)24-18)16-12(10-20)6-5-7-13(16)19/h3-9,11,18H,10,20H2,1-2H3,(H,21,23). The summed E-state index contributed by atoms with van der Waals surface area (Å²) in [5.74, 6) is -0.0805. The van der Waals surface area contributed by atoms with Crippen LogP contribution in [-0.4, -0.2) is 11.4 Å². The normalized spacial score (nSPS) is 16.4. The molecule has 0 aromatic heterocycles. The minimum Gasteiger partial charge on any atom is -0.326 e. The fourth-order valence-electron chi connectivity index (χ4n) is 2.67. The van der Waals surface area contributed by atoms with E-state index in [1.165, 1.54) is 0 Å². The van der Waals surface area contributed by atoms with Crippen LogP contribution in [-0.2, 0) is 11.3 Å². The summed E-state index contributed by atoms with van der Waals surface area (Å²) in [4.78, 5) is 15.4. The molecule has 1 atom stereocenters. The zero-order valence-electron chi connectivity index (χ0n) is 13.6. The molecule has 1 aliphatic heterocycles. The number of nitrogens with one attached hydrogen (secondary N) is 1. The van der Waals surface area contributed by atoms with Gasteiger partial charge < -0.3 is 16.0 Å². The first-order valence-corrected chi connectivity index (χ1v) is 9.11. The van der Waals surface area contributed by atoms with Crippen LogP contribution in [0.25, 0.3) is 0 Å². The van der Waals surface area contributed by atoms with Gasteiger partial charge in [-0.1, -0.05) is 61.5 Å². The van der Waals surface area contributed by atoms with Gasteiger partial charge in [0.2, 0.25) is 5.91 Å². The Hall–Kier alpha value is -1.69. The third-order valence-corrected chi connectivity index (χ3v) is 5.38. The molecule has 0 saturated carbocycles. The Bertz CT molecular complexity index is 766. The van der Waals surface area contributed by atoms with Gasteiger partial charge in [0.1, 0.15) is 0 Å². The maximum Gasteiger partial charge on any atom is 0.224 e. The third kappa shape index (κ3) is 3.11. The highest BCUT2D eigenvalue weighted by molar-refractivity contribution is 8.00. The van der Waals surface area contributed by atoms with Gasteiger partial charge in [-0.05, 0) is 23.8 Å². The molecular formula is C18H20ClN3OS. The fraction of sp³-hybridized carbons (Fsp3) is 0.278. The lowest BCUT2D eigenvalue weighted by Gasteiger charge is -2.30. The van der Waals surface area contributed by atoms with E-state index in [1.54, 1.807) is 11.8 Å². The minimum absolute atomic E-state index is 0.00616. The third-order valence-electron chi connectivity index (χ3n) is 3.92. The molecule has 1 unspecified atom stereocenters. The second kappa shape index (κ2) is 7.05. The molecule has 1 aliphatic rings. The molecule has 0 saturated heterocycles. The topological polar surface area (TPSA) is 58.4 Å². The van der Waals surface area contributed by atoms with Crippen LogP contribution in [0, 0.1) is 5.92 Å². The number of benzene rings is 2. The van der Waals surface area contributed by atoms with Crippen molar-refractivity contribution in [2.45, 2.75) is 30.8 Å². The van der Waals surface area contributed by atoms with Gasteiger partial charge in [0.05, 0.1) is 16.4 Å². The average molecular weight is 362 g/mol. The molecule has 3 N–H and O–H groups in total. The van der Waals surface area contributed by atoms with E-state index in [4.69, 9.17) is 17.3 Å². The highest BCUT2D eigenvalue weighted by Crippen LogP contribution is 2.49. The second-order valence-corrected chi connectivity index (χ2v) is 7.45. The average Bonchev–Trinajstić information content (AvgIpc) is 2.92. The summed E-state index contributed by atoms with van der Waals surface area (Å²) in [6, 6.07) is 13.8. The molecule has 4 nitrogen and oxygen atoms in total. The Morgan fingerprint density at radius 3 is 2.75 bits per heavy atom. The highest BCUT2D eigenvalue weighted by atomic mass is 35.5. The first-order chi connectivity index (χ1) is 11.5. The number of carbonyl (C=O) groups is 1. The summed E-state index contributed by atoms with van der Waals surface area (Å²) in [5.41, 5.74) is 8.50. The van der Waals surface area contributed by atoms with E-state index in [0.29, 0.717) is 11.6 Å². The summed E-state index contributed by atoms with van der Waals surface area (Å²) < 4.78 is 0. The van der Waals surface area contributed by atoms with Crippen LogP contribution in [0.5, 0.6) is 0 Å². The van der Waals surface area contributed by atoms with Gasteiger partial charge in [-0.25, -0.2) is 0 Å². The number of fused-ring (bicyclic) bond motifs is 1. The van der Waals surface area contributed by atoms with Crippen LogP contribution >= 0.6 is 23.4 Å². The molecule has 0 radical (unpaired) electrons. The molecule has 0 fully saturated rings. The van der Waals surface area contributed by atoms with Gasteiger partial charge in [0, 0.05) is 17.4 Å². The number of nitrogens with two attached hydrogens (primary N) is 1. The molecular weight excluding hydrogens is 342 g/mol. The van der Waals surface area contributed by atoms with Crippen molar-refractivity contribution in [2.24, 2.45) is 11.7 Å². The highest BCUT2D eigenvalue weighted by Gasteiger charge is 2.34. The van der Waals surface area contributed by atoms with E-state index in [-0.39, 0.29) is 17.3 Å².